The summed E-state index contributed by atoms with van der Waals surface area (Å²) in [6, 6.07) is 2.60. The van der Waals surface area contributed by atoms with Crippen LogP contribution in [0.25, 0.3) is 0 Å². The fraction of sp³-hybridized carbons (Fsp3) is 0.143. The molecule has 2 aromatic rings. The van der Waals surface area contributed by atoms with Crippen molar-refractivity contribution in [3.8, 4) is 0 Å². The molecule has 21 heavy (non-hydrogen) atoms. The average molecular weight is 305 g/mol. The minimum atomic E-state index is -4.68. The largest absolute Gasteiger partial charge is 0.416 e. The standard InChI is InChI=1S/C14H9F6N/c15-8-2-3-9(12(17)6-8)13(21)10-5-7(14(18,19)20)1-4-11(10)16/h1-6,13H,21H2. The third kappa shape index (κ3) is 3.18. The Morgan fingerprint density at radius 1 is 0.810 bits per heavy atom. The molecule has 7 heteroatoms. The highest BCUT2D eigenvalue weighted by atomic mass is 19.4. The molecule has 2 aromatic carbocycles. The van der Waals surface area contributed by atoms with Gasteiger partial charge in [0.15, 0.2) is 0 Å². The van der Waals surface area contributed by atoms with Gasteiger partial charge in [0.1, 0.15) is 17.5 Å². The Kier molecular flexibility index (Phi) is 3.95. The second-order valence-electron chi connectivity index (χ2n) is 4.38. The molecule has 2 rings (SSSR count). The van der Waals surface area contributed by atoms with E-state index in [1.165, 1.54) is 0 Å². The molecule has 1 unspecified atom stereocenters. The number of benzene rings is 2. The lowest BCUT2D eigenvalue weighted by Crippen LogP contribution is -2.17. The smallest absolute Gasteiger partial charge is 0.320 e. The number of halogens is 6. The normalized spacial score (nSPS) is 13.3. The van der Waals surface area contributed by atoms with Gasteiger partial charge in [0.2, 0.25) is 0 Å². The van der Waals surface area contributed by atoms with Crippen molar-refractivity contribution >= 4 is 0 Å². The Bertz CT molecular complexity index is 665. The van der Waals surface area contributed by atoms with Gasteiger partial charge >= 0.3 is 6.18 Å². The van der Waals surface area contributed by atoms with Crippen LogP contribution >= 0.6 is 0 Å². The van der Waals surface area contributed by atoms with E-state index in [1.807, 2.05) is 0 Å². The van der Waals surface area contributed by atoms with Crippen molar-refractivity contribution < 1.29 is 26.3 Å². The molecule has 0 aromatic heterocycles. The lowest BCUT2D eigenvalue weighted by molar-refractivity contribution is -0.137. The third-order valence-electron chi connectivity index (χ3n) is 2.96. The van der Waals surface area contributed by atoms with Crippen LogP contribution in [0.15, 0.2) is 36.4 Å². The van der Waals surface area contributed by atoms with Gasteiger partial charge in [-0.3, -0.25) is 0 Å². The highest BCUT2D eigenvalue weighted by molar-refractivity contribution is 5.36. The van der Waals surface area contributed by atoms with Gasteiger partial charge < -0.3 is 5.73 Å². The fourth-order valence-electron chi connectivity index (χ4n) is 1.88. The Labute approximate surface area is 116 Å². The molecule has 112 valence electrons. The average Bonchev–Trinajstić information content (AvgIpc) is 2.37. The summed E-state index contributed by atoms with van der Waals surface area (Å²) >= 11 is 0. The van der Waals surface area contributed by atoms with Crippen LogP contribution in [0.2, 0.25) is 0 Å². The molecule has 0 amide bonds. The van der Waals surface area contributed by atoms with Gasteiger partial charge in [0, 0.05) is 17.2 Å². The van der Waals surface area contributed by atoms with Crippen LogP contribution in [0.1, 0.15) is 22.7 Å². The Morgan fingerprint density at radius 3 is 2.05 bits per heavy atom. The molecule has 0 aliphatic heterocycles. The number of hydrogen-bond donors (Lipinski definition) is 1. The van der Waals surface area contributed by atoms with Crippen molar-refractivity contribution in [1.82, 2.24) is 0 Å². The lowest BCUT2D eigenvalue weighted by Gasteiger charge is -2.16. The molecule has 0 aliphatic carbocycles. The predicted octanol–water partition coefficient (Wildman–Crippen LogP) is 4.17. The van der Waals surface area contributed by atoms with Gasteiger partial charge in [0.05, 0.1) is 11.6 Å². The van der Waals surface area contributed by atoms with Crippen molar-refractivity contribution in [2.45, 2.75) is 12.2 Å². The van der Waals surface area contributed by atoms with Gasteiger partial charge in [-0.25, -0.2) is 13.2 Å². The van der Waals surface area contributed by atoms with Crippen molar-refractivity contribution in [2.24, 2.45) is 5.73 Å². The Morgan fingerprint density at radius 2 is 1.48 bits per heavy atom. The van der Waals surface area contributed by atoms with E-state index in [-0.39, 0.29) is 5.56 Å². The van der Waals surface area contributed by atoms with E-state index in [2.05, 4.69) is 0 Å². The summed E-state index contributed by atoms with van der Waals surface area (Å²) in [6.45, 7) is 0. The van der Waals surface area contributed by atoms with Crippen LogP contribution in [0.3, 0.4) is 0 Å². The van der Waals surface area contributed by atoms with E-state index in [0.29, 0.717) is 24.3 Å². The highest BCUT2D eigenvalue weighted by Crippen LogP contribution is 2.33. The zero-order chi connectivity index (χ0) is 15.8. The first-order chi connectivity index (χ1) is 9.70. The summed E-state index contributed by atoms with van der Waals surface area (Å²) in [4.78, 5) is 0. The topological polar surface area (TPSA) is 26.0 Å². The van der Waals surface area contributed by atoms with E-state index in [9.17, 15) is 26.3 Å². The quantitative estimate of drug-likeness (QED) is 0.828. The minimum Gasteiger partial charge on any atom is -0.320 e. The van der Waals surface area contributed by atoms with Gasteiger partial charge in [-0.05, 0) is 24.3 Å². The van der Waals surface area contributed by atoms with Crippen LogP contribution < -0.4 is 5.73 Å². The van der Waals surface area contributed by atoms with Gasteiger partial charge in [-0.15, -0.1) is 0 Å². The SMILES string of the molecule is NC(c1ccc(F)cc1F)c1cc(C(F)(F)F)ccc1F. The molecule has 0 bridgehead atoms. The van der Waals surface area contributed by atoms with Crippen LogP contribution in [-0.4, -0.2) is 0 Å². The fourth-order valence-corrected chi connectivity index (χ4v) is 1.88. The molecule has 1 nitrogen and oxygen atoms in total. The molecule has 0 aliphatic rings. The maximum Gasteiger partial charge on any atom is 0.416 e. The first kappa shape index (κ1) is 15.4. The number of nitrogens with two attached hydrogens (primary N) is 1. The minimum absolute atomic E-state index is 0.297. The van der Waals surface area contributed by atoms with Gasteiger partial charge in [-0.1, -0.05) is 6.07 Å². The summed E-state index contributed by atoms with van der Waals surface area (Å²) in [5.41, 5.74) is 3.70. The zero-order valence-electron chi connectivity index (χ0n) is 10.4. The molecule has 2 N–H and O–H groups in total. The van der Waals surface area contributed by atoms with E-state index >= 15 is 0 Å². The lowest BCUT2D eigenvalue weighted by atomic mass is 9.96. The Balaban J connectivity index is 2.50. The van der Waals surface area contributed by atoms with E-state index in [0.717, 1.165) is 12.1 Å². The molecule has 0 saturated carbocycles. The summed E-state index contributed by atoms with van der Waals surface area (Å²) in [7, 11) is 0. The number of hydrogen-bond acceptors (Lipinski definition) is 1. The highest BCUT2D eigenvalue weighted by Gasteiger charge is 2.32. The zero-order valence-corrected chi connectivity index (χ0v) is 10.4. The van der Waals surface area contributed by atoms with Crippen molar-refractivity contribution in [1.29, 1.82) is 0 Å². The van der Waals surface area contributed by atoms with E-state index < -0.39 is 40.8 Å². The van der Waals surface area contributed by atoms with Crippen molar-refractivity contribution in [2.75, 3.05) is 0 Å². The van der Waals surface area contributed by atoms with Crippen LogP contribution in [0.5, 0.6) is 0 Å². The van der Waals surface area contributed by atoms with Crippen molar-refractivity contribution in [3.05, 3.63) is 70.5 Å². The van der Waals surface area contributed by atoms with Gasteiger partial charge in [-0.2, -0.15) is 13.2 Å². The van der Waals surface area contributed by atoms with Gasteiger partial charge in [0.25, 0.3) is 0 Å². The Hall–Kier alpha value is -2.02. The third-order valence-corrected chi connectivity index (χ3v) is 2.96. The molecule has 0 radical (unpaired) electrons. The second kappa shape index (κ2) is 5.40. The molecular formula is C14H9F6N. The first-order valence-electron chi connectivity index (χ1n) is 5.77. The summed E-state index contributed by atoms with van der Waals surface area (Å²) in [5, 5.41) is 0. The molecule has 0 fully saturated rings. The van der Waals surface area contributed by atoms with Crippen LogP contribution in [0, 0.1) is 17.5 Å². The van der Waals surface area contributed by atoms with Crippen LogP contribution in [-0.2, 0) is 6.18 Å². The summed E-state index contributed by atoms with van der Waals surface area (Å²) < 4.78 is 77.9. The molecule has 0 heterocycles. The summed E-state index contributed by atoms with van der Waals surface area (Å²) in [6.07, 6.45) is -4.68. The molecule has 0 saturated heterocycles. The van der Waals surface area contributed by atoms with E-state index in [4.69, 9.17) is 5.73 Å². The second-order valence-corrected chi connectivity index (χ2v) is 4.38. The van der Waals surface area contributed by atoms with Crippen LogP contribution in [0.4, 0.5) is 26.3 Å². The maximum absolute atomic E-state index is 13.7. The van der Waals surface area contributed by atoms with E-state index in [1.54, 1.807) is 0 Å². The monoisotopic (exact) mass is 305 g/mol. The molecule has 1 atom stereocenters. The number of alkyl halides is 3. The predicted molar refractivity (Wildman–Crippen MR) is 63.8 cm³/mol. The number of rotatable bonds is 2. The maximum atomic E-state index is 13.7. The molecular weight excluding hydrogens is 296 g/mol. The van der Waals surface area contributed by atoms with Crippen molar-refractivity contribution in [3.63, 3.8) is 0 Å². The first-order valence-corrected chi connectivity index (χ1v) is 5.77. The summed E-state index contributed by atoms with van der Waals surface area (Å²) in [5.74, 6) is -2.92. The molecule has 0 spiro atoms.